The molecule has 2 aromatic rings. The van der Waals surface area contributed by atoms with E-state index in [1.807, 2.05) is 7.05 Å². The monoisotopic (exact) mass is 229 g/mol. The fourth-order valence-corrected chi connectivity index (χ4v) is 1.95. The number of aromatic nitrogens is 2. The van der Waals surface area contributed by atoms with Crippen molar-refractivity contribution in [1.29, 1.82) is 0 Å². The molecule has 0 saturated heterocycles. The van der Waals surface area contributed by atoms with Crippen LogP contribution in [0.1, 0.15) is 18.2 Å². The van der Waals surface area contributed by atoms with Crippen molar-refractivity contribution < 1.29 is 0 Å². The van der Waals surface area contributed by atoms with Crippen LogP contribution in [0.2, 0.25) is 0 Å². The molecule has 1 heterocycles. The molecule has 17 heavy (non-hydrogen) atoms. The zero-order chi connectivity index (χ0) is 12.3. The lowest BCUT2D eigenvalue weighted by Gasteiger charge is -2.02. The van der Waals surface area contributed by atoms with Gasteiger partial charge in [-0.25, -0.2) is 4.98 Å². The van der Waals surface area contributed by atoms with E-state index < -0.39 is 0 Å². The Bertz CT molecular complexity index is 483. The molecule has 0 atom stereocenters. The summed E-state index contributed by atoms with van der Waals surface area (Å²) in [5.41, 5.74) is 9.12. The van der Waals surface area contributed by atoms with E-state index in [9.17, 15) is 0 Å². The van der Waals surface area contributed by atoms with Gasteiger partial charge in [-0.15, -0.1) is 0 Å². The molecule has 0 saturated carbocycles. The van der Waals surface area contributed by atoms with Crippen LogP contribution in [-0.2, 0) is 19.9 Å². The van der Waals surface area contributed by atoms with Crippen molar-refractivity contribution in [2.75, 3.05) is 6.54 Å². The number of nitrogens with two attached hydrogens (primary N) is 1. The number of hydrogen-bond donors (Lipinski definition) is 1. The summed E-state index contributed by atoms with van der Waals surface area (Å²) in [5, 5.41) is 0. The number of nitrogens with zero attached hydrogens (tertiary/aromatic N) is 2. The van der Waals surface area contributed by atoms with Crippen LogP contribution >= 0.6 is 0 Å². The minimum absolute atomic E-state index is 0.644. The zero-order valence-corrected chi connectivity index (χ0v) is 10.5. The normalized spacial score (nSPS) is 10.8. The maximum absolute atomic E-state index is 5.55. The number of benzene rings is 1. The molecular weight excluding hydrogens is 210 g/mol. The molecule has 0 aliphatic rings. The van der Waals surface area contributed by atoms with E-state index in [1.54, 1.807) is 0 Å². The Labute approximate surface area is 102 Å². The molecule has 2 N–H and O–H groups in total. The standard InChI is InChI=1S/C14H19N3/c1-3-11-4-6-12(7-5-11)14-16-13(8-9-15)10-17(14)2/h4-7,10H,3,8-9,15H2,1-2H3. The van der Waals surface area contributed by atoms with E-state index in [-0.39, 0.29) is 0 Å². The first-order chi connectivity index (χ1) is 8.24. The molecular formula is C14H19N3. The summed E-state index contributed by atoms with van der Waals surface area (Å²) >= 11 is 0. The lowest BCUT2D eigenvalue weighted by molar-refractivity contribution is 0.912. The number of rotatable bonds is 4. The van der Waals surface area contributed by atoms with E-state index >= 15 is 0 Å². The topological polar surface area (TPSA) is 43.8 Å². The fourth-order valence-electron chi connectivity index (χ4n) is 1.95. The van der Waals surface area contributed by atoms with Crippen molar-refractivity contribution in [3.05, 3.63) is 41.7 Å². The van der Waals surface area contributed by atoms with Crippen LogP contribution in [0.25, 0.3) is 11.4 Å². The smallest absolute Gasteiger partial charge is 0.139 e. The first-order valence-corrected chi connectivity index (χ1v) is 6.06. The van der Waals surface area contributed by atoms with Gasteiger partial charge >= 0.3 is 0 Å². The summed E-state index contributed by atoms with van der Waals surface area (Å²) in [7, 11) is 2.02. The molecule has 90 valence electrons. The van der Waals surface area contributed by atoms with Gasteiger partial charge in [0.25, 0.3) is 0 Å². The summed E-state index contributed by atoms with van der Waals surface area (Å²) in [4.78, 5) is 4.61. The lowest BCUT2D eigenvalue weighted by Crippen LogP contribution is -2.02. The molecule has 0 spiro atoms. The van der Waals surface area contributed by atoms with Gasteiger partial charge in [-0.3, -0.25) is 0 Å². The van der Waals surface area contributed by atoms with Gasteiger partial charge < -0.3 is 10.3 Å². The van der Waals surface area contributed by atoms with Crippen molar-refractivity contribution in [3.63, 3.8) is 0 Å². The Hall–Kier alpha value is -1.61. The van der Waals surface area contributed by atoms with Gasteiger partial charge in [0.1, 0.15) is 5.82 Å². The summed E-state index contributed by atoms with van der Waals surface area (Å²) in [5.74, 6) is 1.01. The molecule has 0 fully saturated rings. The zero-order valence-electron chi connectivity index (χ0n) is 10.5. The molecule has 3 nitrogen and oxygen atoms in total. The Morgan fingerprint density at radius 1 is 1.24 bits per heavy atom. The third-order valence-electron chi connectivity index (χ3n) is 2.95. The molecule has 0 aliphatic heterocycles. The Morgan fingerprint density at radius 2 is 1.94 bits per heavy atom. The largest absolute Gasteiger partial charge is 0.334 e. The minimum Gasteiger partial charge on any atom is -0.334 e. The van der Waals surface area contributed by atoms with Crippen LogP contribution in [0.4, 0.5) is 0 Å². The van der Waals surface area contributed by atoms with Crippen LogP contribution in [0, 0.1) is 0 Å². The average Bonchev–Trinajstić information content (AvgIpc) is 2.71. The molecule has 0 amide bonds. The molecule has 2 rings (SSSR count). The molecule has 0 bridgehead atoms. The Balaban J connectivity index is 2.31. The molecule has 1 aromatic carbocycles. The van der Waals surface area contributed by atoms with Crippen molar-refractivity contribution in [3.8, 4) is 11.4 Å². The lowest BCUT2D eigenvalue weighted by atomic mass is 10.1. The van der Waals surface area contributed by atoms with E-state index in [2.05, 4.69) is 46.9 Å². The summed E-state index contributed by atoms with van der Waals surface area (Å²) in [6.07, 6.45) is 3.95. The maximum Gasteiger partial charge on any atom is 0.139 e. The van der Waals surface area contributed by atoms with E-state index in [0.717, 1.165) is 29.9 Å². The second kappa shape index (κ2) is 5.15. The van der Waals surface area contributed by atoms with Gasteiger partial charge in [-0.2, -0.15) is 0 Å². The second-order valence-corrected chi connectivity index (χ2v) is 4.26. The van der Waals surface area contributed by atoms with Gasteiger partial charge in [0.05, 0.1) is 5.69 Å². The van der Waals surface area contributed by atoms with Gasteiger partial charge in [0.2, 0.25) is 0 Å². The van der Waals surface area contributed by atoms with Crippen molar-refractivity contribution in [2.24, 2.45) is 12.8 Å². The SMILES string of the molecule is CCc1ccc(-c2nc(CCN)cn2C)cc1. The first kappa shape index (κ1) is 11.9. The predicted molar refractivity (Wildman–Crippen MR) is 70.8 cm³/mol. The average molecular weight is 229 g/mol. The van der Waals surface area contributed by atoms with E-state index in [0.29, 0.717) is 6.54 Å². The number of aryl methyl sites for hydroxylation is 2. The van der Waals surface area contributed by atoms with E-state index in [4.69, 9.17) is 5.73 Å². The van der Waals surface area contributed by atoms with E-state index in [1.165, 1.54) is 5.56 Å². The molecule has 0 radical (unpaired) electrons. The quantitative estimate of drug-likeness (QED) is 0.873. The van der Waals surface area contributed by atoms with Gasteiger partial charge in [0, 0.05) is 25.2 Å². The van der Waals surface area contributed by atoms with Crippen LogP contribution in [-0.4, -0.2) is 16.1 Å². The van der Waals surface area contributed by atoms with Gasteiger partial charge in [-0.1, -0.05) is 31.2 Å². The highest BCUT2D eigenvalue weighted by atomic mass is 15.0. The minimum atomic E-state index is 0.644. The predicted octanol–water partition coefficient (Wildman–Crippen LogP) is 2.15. The van der Waals surface area contributed by atoms with Crippen LogP contribution in [0.5, 0.6) is 0 Å². The third kappa shape index (κ3) is 2.56. The maximum atomic E-state index is 5.55. The van der Waals surface area contributed by atoms with Gasteiger partial charge in [0.15, 0.2) is 0 Å². The molecule has 3 heteroatoms. The van der Waals surface area contributed by atoms with Crippen molar-refractivity contribution >= 4 is 0 Å². The van der Waals surface area contributed by atoms with Crippen LogP contribution in [0.15, 0.2) is 30.5 Å². The summed E-state index contributed by atoms with van der Waals surface area (Å²) in [6, 6.07) is 8.58. The molecule has 1 aromatic heterocycles. The van der Waals surface area contributed by atoms with Crippen LogP contribution < -0.4 is 5.73 Å². The Morgan fingerprint density at radius 3 is 2.53 bits per heavy atom. The third-order valence-corrected chi connectivity index (χ3v) is 2.95. The fraction of sp³-hybridized carbons (Fsp3) is 0.357. The van der Waals surface area contributed by atoms with Gasteiger partial charge in [-0.05, 0) is 18.5 Å². The highest BCUT2D eigenvalue weighted by Crippen LogP contribution is 2.19. The molecule has 0 unspecified atom stereocenters. The highest BCUT2D eigenvalue weighted by molar-refractivity contribution is 5.56. The number of imidazole rings is 1. The highest BCUT2D eigenvalue weighted by Gasteiger charge is 2.06. The molecule has 0 aliphatic carbocycles. The van der Waals surface area contributed by atoms with Crippen LogP contribution in [0.3, 0.4) is 0 Å². The first-order valence-electron chi connectivity index (χ1n) is 6.06. The summed E-state index contributed by atoms with van der Waals surface area (Å²) in [6.45, 7) is 2.81. The van der Waals surface area contributed by atoms with Crippen molar-refractivity contribution in [1.82, 2.24) is 9.55 Å². The second-order valence-electron chi connectivity index (χ2n) is 4.26. The summed E-state index contributed by atoms with van der Waals surface area (Å²) < 4.78 is 2.06. The van der Waals surface area contributed by atoms with Crippen molar-refractivity contribution in [2.45, 2.75) is 19.8 Å². The number of hydrogen-bond acceptors (Lipinski definition) is 2. The Kier molecular flexibility index (Phi) is 3.59.